The van der Waals surface area contributed by atoms with E-state index in [2.05, 4.69) is 15.6 Å². The fraction of sp³-hybridized carbons (Fsp3) is 0.200. The molecule has 1 fully saturated rings. The Labute approximate surface area is 203 Å². The largest absolute Gasteiger partial charge is 0.381 e. The van der Waals surface area contributed by atoms with Crippen LogP contribution in [0.15, 0.2) is 66.9 Å². The van der Waals surface area contributed by atoms with Crippen molar-refractivity contribution in [2.45, 2.75) is 30.5 Å². The smallest absolute Gasteiger partial charge is 0.274 e. The lowest BCUT2D eigenvalue weighted by Crippen LogP contribution is -2.45. The topological polar surface area (TPSA) is 129 Å². The molecule has 2 unspecified atom stereocenters. The number of carbonyl (C=O) groups excluding carboxylic acids is 2. The Bertz CT molecular complexity index is 1480. The Morgan fingerprint density at radius 2 is 1.86 bits per heavy atom. The molecule has 0 spiro atoms. The first-order valence-corrected chi connectivity index (χ1v) is 11.1. The number of halogens is 2. The Morgan fingerprint density at radius 1 is 1.08 bits per heavy atom. The Morgan fingerprint density at radius 3 is 2.61 bits per heavy atom. The molecule has 3 atom stereocenters. The molecule has 36 heavy (non-hydrogen) atoms. The van der Waals surface area contributed by atoms with Gasteiger partial charge in [-0.1, -0.05) is 47.7 Å². The molecule has 9 nitrogen and oxygen atoms in total. The first-order chi connectivity index (χ1) is 17.3. The summed E-state index contributed by atoms with van der Waals surface area (Å²) in [5.74, 6) is -4.13. The van der Waals surface area contributed by atoms with Crippen LogP contribution in [0.2, 0.25) is 0 Å². The molecule has 1 aromatic heterocycles. The first kappa shape index (κ1) is 23.5. The van der Waals surface area contributed by atoms with E-state index in [0.29, 0.717) is 12.1 Å². The maximum absolute atomic E-state index is 13.4. The van der Waals surface area contributed by atoms with Crippen LogP contribution in [0, 0.1) is 11.6 Å². The highest BCUT2D eigenvalue weighted by molar-refractivity contribution is 5.94. The highest BCUT2D eigenvalue weighted by Crippen LogP contribution is 2.59. The zero-order chi connectivity index (χ0) is 25.4. The van der Waals surface area contributed by atoms with Gasteiger partial charge in [0.1, 0.15) is 11.2 Å². The monoisotopic (exact) mass is 493 g/mol. The number of hydrogen-bond acceptors (Lipinski definition) is 6. The van der Waals surface area contributed by atoms with Gasteiger partial charge in [0.2, 0.25) is 0 Å². The van der Waals surface area contributed by atoms with E-state index in [9.17, 15) is 23.5 Å². The maximum Gasteiger partial charge on any atom is 0.274 e. The number of carbonyl (C=O) groups is 2. The van der Waals surface area contributed by atoms with Crippen LogP contribution in [0.1, 0.15) is 34.0 Å². The lowest BCUT2D eigenvalue weighted by Gasteiger charge is -2.22. The molecule has 0 bridgehead atoms. The van der Waals surface area contributed by atoms with Gasteiger partial charge in [-0.3, -0.25) is 14.8 Å². The van der Waals surface area contributed by atoms with Gasteiger partial charge in [-0.2, -0.15) is 0 Å². The third-order valence-electron chi connectivity index (χ3n) is 6.56. The van der Waals surface area contributed by atoms with E-state index < -0.39 is 35.1 Å². The third-order valence-corrected chi connectivity index (χ3v) is 6.56. The molecule has 3 aromatic carbocycles. The number of hydroxylamine groups is 1. The van der Waals surface area contributed by atoms with E-state index in [-0.39, 0.29) is 18.0 Å². The summed E-state index contributed by atoms with van der Waals surface area (Å²) in [5, 5.41) is 32.7. The zero-order valence-electron chi connectivity index (χ0n) is 18.7. The summed E-state index contributed by atoms with van der Waals surface area (Å²) in [6.07, 6.45) is 0.204. The summed E-state index contributed by atoms with van der Waals surface area (Å²) in [7, 11) is 0. The van der Waals surface area contributed by atoms with E-state index >= 15 is 0 Å². The van der Waals surface area contributed by atoms with Gasteiger partial charge in [-0.25, -0.2) is 18.9 Å². The summed E-state index contributed by atoms with van der Waals surface area (Å²) in [6.45, 7) is -0.0865. The molecule has 1 aliphatic carbocycles. The highest BCUT2D eigenvalue weighted by Gasteiger charge is 2.64. The molecule has 0 radical (unpaired) electrons. The minimum atomic E-state index is -1.63. The number of amides is 2. The predicted molar refractivity (Wildman–Crippen MR) is 123 cm³/mol. The highest BCUT2D eigenvalue weighted by atomic mass is 19.2. The van der Waals surface area contributed by atoms with Gasteiger partial charge in [-0.15, -0.1) is 5.10 Å². The quantitative estimate of drug-likeness (QED) is 0.231. The van der Waals surface area contributed by atoms with Crippen molar-refractivity contribution >= 4 is 22.6 Å². The summed E-state index contributed by atoms with van der Waals surface area (Å²) in [5.41, 5.74) is 1.41. The van der Waals surface area contributed by atoms with Crippen LogP contribution in [0.3, 0.4) is 0 Å². The number of aliphatic hydroxyl groups is 1. The van der Waals surface area contributed by atoms with Crippen molar-refractivity contribution in [1.82, 2.24) is 25.8 Å². The maximum atomic E-state index is 13.4. The van der Waals surface area contributed by atoms with E-state index in [1.807, 2.05) is 42.5 Å². The van der Waals surface area contributed by atoms with Gasteiger partial charge in [-0.05, 0) is 41.0 Å². The second-order valence-corrected chi connectivity index (χ2v) is 8.70. The molecule has 2 amide bonds. The van der Waals surface area contributed by atoms with E-state index in [4.69, 9.17) is 5.21 Å². The average Bonchev–Trinajstić information content (AvgIpc) is 3.48. The molecule has 4 N–H and O–H groups in total. The predicted octanol–water partition coefficient (Wildman–Crippen LogP) is 2.39. The van der Waals surface area contributed by atoms with Crippen LogP contribution >= 0.6 is 0 Å². The van der Waals surface area contributed by atoms with Crippen molar-refractivity contribution < 1.29 is 28.7 Å². The number of fused-ring (bicyclic) bond motifs is 1. The SMILES string of the molecule is O=C(NCc1cn(C2([C@@H](O)C(=O)NO)CC2c2ccc3ccccc3c2)nn1)c1ccc(F)c(F)c1. The van der Waals surface area contributed by atoms with Crippen molar-refractivity contribution in [3.8, 4) is 0 Å². The van der Waals surface area contributed by atoms with Gasteiger partial charge < -0.3 is 10.4 Å². The molecule has 1 heterocycles. The average molecular weight is 493 g/mol. The molecule has 0 saturated heterocycles. The van der Waals surface area contributed by atoms with Crippen LogP contribution in [0.5, 0.6) is 0 Å². The molecule has 184 valence electrons. The molecular formula is C25H21F2N5O4. The number of nitrogens with zero attached hydrogens (tertiary/aromatic N) is 3. The van der Waals surface area contributed by atoms with Crippen molar-refractivity contribution in [3.63, 3.8) is 0 Å². The fourth-order valence-electron chi connectivity index (χ4n) is 4.56. The van der Waals surface area contributed by atoms with Gasteiger partial charge in [0.05, 0.1) is 12.7 Å². The summed E-state index contributed by atoms with van der Waals surface area (Å²) >= 11 is 0. The van der Waals surface area contributed by atoms with Crippen molar-refractivity contribution in [2.75, 3.05) is 0 Å². The van der Waals surface area contributed by atoms with Crippen LogP contribution in [0.25, 0.3) is 10.8 Å². The van der Waals surface area contributed by atoms with E-state index in [1.165, 1.54) is 16.4 Å². The summed E-state index contributed by atoms with van der Waals surface area (Å²) < 4.78 is 27.9. The molecule has 1 saturated carbocycles. The van der Waals surface area contributed by atoms with Crippen molar-refractivity contribution in [3.05, 3.63) is 95.3 Å². The lowest BCUT2D eigenvalue weighted by atomic mass is 9.98. The molecule has 4 aromatic rings. The third kappa shape index (κ3) is 4.08. The second kappa shape index (κ2) is 9.10. The molecule has 0 aliphatic heterocycles. The summed E-state index contributed by atoms with van der Waals surface area (Å²) in [6, 6.07) is 16.4. The minimum Gasteiger partial charge on any atom is -0.381 e. The Hall–Kier alpha value is -4.22. The number of nitrogens with one attached hydrogen (secondary N) is 2. The molecule has 11 heteroatoms. The van der Waals surface area contributed by atoms with E-state index in [0.717, 1.165) is 34.5 Å². The Kier molecular flexibility index (Phi) is 5.94. The number of rotatable bonds is 7. The minimum absolute atomic E-state index is 0.0636. The van der Waals surface area contributed by atoms with Crippen molar-refractivity contribution in [2.24, 2.45) is 0 Å². The van der Waals surface area contributed by atoms with Crippen LogP contribution in [0.4, 0.5) is 8.78 Å². The van der Waals surface area contributed by atoms with Gasteiger partial charge in [0.15, 0.2) is 17.7 Å². The zero-order valence-corrected chi connectivity index (χ0v) is 18.7. The van der Waals surface area contributed by atoms with Gasteiger partial charge >= 0.3 is 0 Å². The van der Waals surface area contributed by atoms with Crippen molar-refractivity contribution in [1.29, 1.82) is 0 Å². The van der Waals surface area contributed by atoms with Gasteiger partial charge in [0.25, 0.3) is 11.8 Å². The normalized spacial score (nSPS) is 19.6. The number of aromatic nitrogens is 3. The fourth-order valence-corrected chi connectivity index (χ4v) is 4.56. The number of hydrogen-bond donors (Lipinski definition) is 4. The standard InChI is InChI=1S/C25H21F2N5O4/c26-20-8-7-17(10-21(20)27)23(34)28-12-18-13-32(31-29-18)25(22(33)24(35)30-36)11-19(25)16-6-5-14-3-1-2-4-15(14)9-16/h1-10,13,19,22,33,36H,11-12H2,(H,28,34)(H,30,35)/t19?,22-,25?/m0/s1. The second-order valence-electron chi connectivity index (χ2n) is 8.70. The molecule has 1 aliphatic rings. The number of aliphatic hydroxyl groups excluding tert-OH is 1. The lowest BCUT2D eigenvalue weighted by molar-refractivity contribution is -0.141. The molecule has 5 rings (SSSR count). The van der Waals surface area contributed by atoms with E-state index in [1.54, 1.807) is 0 Å². The van der Waals surface area contributed by atoms with Crippen LogP contribution in [-0.2, 0) is 16.9 Å². The molecular weight excluding hydrogens is 472 g/mol. The van der Waals surface area contributed by atoms with Gasteiger partial charge in [0, 0.05) is 11.5 Å². The Balaban J connectivity index is 1.38. The first-order valence-electron chi connectivity index (χ1n) is 11.1. The van der Waals surface area contributed by atoms with Crippen LogP contribution < -0.4 is 10.8 Å². The van der Waals surface area contributed by atoms with Crippen LogP contribution in [-0.4, -0.2) is 43.2 Å². The summed E-state index contributed by atoms with van der Waals surface area (Å²) in [4.78, 5) is 24.5. The number of benzene rings is 3.